The highest BCUT2D eigenvalue weighted by atomic mass is 32.1. The number of rotatable bonds is 6. The molecule has 0 saturated carbocycles. The molecule has 1 aromatic heterocycles. The molecule has 0 unspecified atom stereocenters. The Morgan fingerprint density at radius 1 is 1.23 bits per heavy atom. The van der Waals surface area contributed by atoms with Crippen molar-refractivity contribution in [1.82, 2.24) is 15.2 Å². The SMILES string of the molecule is Cc1ccc2cc(CN(C[C@@H]3CCCO3)C(=S)NCc3ccccc3)c(=O)[nH]c2c1C. The van der Waals surface area contributed by atoms with E-state index < -0.39 is 0 Å². The molecule has 31 heavy (non-hydrogen) atoms. The minimum Gasteiger partial charge on any atom is -0.376 e. The van der Waals surface area contributed by atoms with Gasteiger partial charge in [-0.2, -0.15) is 0 Å². The molecule has 1 atom stereocenters. The highest BCUT2D eigenvalue weighted by Crippen LogP contribution is 2.20. The van der Waals surface area contributed by atoms with E-state index in [1.165, 1.54) is 5.56 Å². The number of H-pyrrole nitrogens is 1. The number of hydrogen-bond donors (Lipinski definition) is 2. The number of fused-ring (bicyclic) bond motifs is 1. The lowest BCUT2D eigenvalue weighted by atomic mass is 10.0. The van der Waals surface area contributed by atoms with E-state index >= 15 is 0 Å². The fourth-order valence-corrected chi connectivity index (χ4v) is 4.24. The lowest BCUT2D eigenvalue weighted by Gasteiger charge is -2.28. The zero-order valence-electron chi connectivity index (χ0n) is 18.1. The first-order chi connectivity index (χ1) is 15.0. The van der Waals surface area contributed by atoms with E-state index in [0.717, 1.165) is 41.5 Å². The number of aromatic amines is 1. The number of aryl methyl sites for hydroxylation is 2. The maximum Gasteiger partial charge on any atom is 0.253 e. The summed E-state index contributed by atoms with van der Waals surface area (Å²) >= 11 is 5.73. The molecule has 1 saturated heterocycles. The van der Waals surface area contributed by atoms with Crippen molar-refractivity contribution < 1.29 is 4.74 Å². The van der Waals surface area contributed by atoms with E-state index in [9.17, 15) is 4.79 Å². The summed E-state index contributed by atoms with van der Waals surface area (Å²) in [6, 6.07) is 16.3. The van der Waals surface area contributed by atoms with Gasteiger partial charge in [0.2, 0.25) is 0 Å². The van der Waals surface area contributed by atoms with Gasteiger partial charge in [0, 0.05) is 25.3 Å². The van der Waals surface area contributed by atoms with E-state index in [2.05, 4.69) is 46.4 Å². The lowest BCUT2D eigenvalue weighted by molar-refractivity contribution is 0.0896. The Kier molecular flexibility index (Phi) is 6.68. The van der Waals surface area contributed by atoms with Crippen LogP contribution >= 0.6 is 12.2 Å². The minimum atomic E-state index is -0.0654. The number of nitrogens with zero attached hydrogens (tertiary/aromatic N) is 1. The zero-order valence-corrected chi connectivity index (χ0v) is 18.9. The second-order valence-electron chi connectivity index (χ2n) is 8.26. The van der Waals surface area contributed by atoms with Crippen LogP contribution in [-0.2, 0) is 17.8 Å². The van der Waals surface area contributed by atoms with Gasteiger partial charge in [-0.05, 0) is 67.0 Å². The third-order valence-corrected chi connectivity index (χ3v) is 6.41. The monoisotopic (exact) mass is 435 g/mol. The van der Waals surface area contributed by atoms with Crippen LogP contribution in [0.1, 0.15) is 35.1 Å². The number of ether oxygens (including phenoxy) is 1. The summed E-state index contributed by atoms with van der Waals surface area (Å²) in [7, 11) is 0. The highest BCUT2D eigenvalue weighted by Gasteiger charge is 2.22. The van der Waals surface area contributed by atoms with Gasteiger partial charge in [-0.1, -0.05) is 42.5 Å². The summed E-state index contributed by atoms with van der Waals surface area (Å²) in [6.45, 7) is 6.65. The van der Waals surface area contributed by atoms with Gasteiger partial charge in [0.1, 0.15) is 0 Å². The topological polar surface area (TPSA) is 57.4 Å². The molecule has 0 aliphatic carbocycles. The number of aromatic nitrogens is 1. The second-order valence-corrected chi connectivity index (χ2v) is 8.64. The van der Waals surface area contributed by atoms with Gasteiger partial charge in [0.05, 0.1) is 18.2 Å². The van der Waals surface area contributed by atoms with E-state index in [-0.39, 0.29) is 11.7 Å². The molecule has 0 radical (unpaired) electrons. The summed E-state index contributed by atoms with van der Waals surface area (Å²) in [5, 5.41) is 5.03. The molecule has 2 aromatic carbocycles. The van der Waals surface area contributed by atoms with Crippen LogP contribution in [0.5, 0.6) is 0 Å². The van der Waals surface area contributed by atoms with Gasteiger partial charge in [0.25, 0.3) is 5.56 Å². The van der Waals surface area contributed by atoms with Crippen LogP contribution in [0.2, 0.25) is 0 Å². The van der Waals surface area contributed by atoms with E-state index in [1.807, 2.05) is 31.2 Å². The molecule has 4 rings (SSSR count). The average molecular weight is 436 g/mol. The lowest BCUT2D eigenvalue weighted by Crippen LogP contribution is -2.43. The van der Waals surface area contributed by atoms with Gasteiger partial charge in [-0.15, -0.1) is 0 Å². The van der Waals surface area contributed by atoms with Gasteiger partial charge in [-0.3, -0.25) is 4.79 Å². The molecular formula is C25H29N3O2S. The van der Waals surface area contributed by atoms with Crippen LogP contribution in [0.4, 0.5) is 0 Å². The van der Waals surface area contributed by atoms with Gasteiger partial charge >= 0.3 is 0 Å². The van der Waals surface area contributed by atoms with Gasteiger partial charge in [0.15, 0.2) is 5.11 Å². The number of benzene rings is 2. The Balaban J connectivity index is 1.56. The number of hydrogen-bond acceptors (Lipinski definition) is 3. The van der Waals surface area contributed by atoms with Gasteiger partial charge in [-0.25, -0.2) is 0 Å². The van der Waals surface area contributed by atoms with Crippen LogP contribution in [0.3, 0.4) is 0 Å². The minimum absolute atomic E-state index is 0.0654. The third-order valence-electron chi connectivity index (χ3n) is 6.01. The number of nitrogens with one attached hydrogen (secondary N) is 2. The number of thiocarbonyl (C=S) groups is 1. The fraction of sp³-hybridized carbons (Fsp3) is 0.360. The van der Waals surface area contributed by atoms with Crippen molar-refractivity contribution in [3.05, 3.63) is 81.1 Å². The van der Waals surface area contributed by atoms with Gasteiger partial charge < -0.3 is 19.9 Å². The van der Waals surface area contributed by atoms with Crippen molar-refractivity contribution in [2.24, 2.45) is 0 Å². The average Bonchev–Trinajstić information content (AvgIpc) is 3.29. The van der Waals surface area contributed by atoms with Crippen molar-refractivity contribution in [3.63, 3.8) is 0 Å². The van der Waals surface area contributed by atoms with E-state index in [1.54, 1.807) is 0 Å². The normalized spacial score (nSPS) is 15.9. The molecule has 0 spiro atoms. The Morgan fingerprint density at radius 2 is 2.03 bits per heavy atom. The van der Waals surface area contributed by atoms with Crippen molar-refractivity contribution in [3.8, 4) is 0 Å². The van der Waals surface area contributed by atoms with E-state index in [0.29, 0.717) is 30.3 Å². The first kappa shape index (κ1) is 21.5. The predicted octanol–water partition coefficient (Wildman–Crippen LogP) is 4.20. The van der Waals surface area contributed by atoms with Crippen molar-refractivity contribution in [2.75, 3.05) is 13.2 Å². The number of pyridine rings is 1. The molecular weight excluding hydrogens is 406 g/mol. The molecule has 0 amide bonds. The van der Waals surface area contributed by atoms with E-state index in [4.69, 9.17) is 17.0 Å². The Labute approximate surface area is 188 Å². The third kappa shape index (κ3) is 5.14. The second kappa shape index (κ2) is 9.62. The van der Waals surface area contributed by atoms with Crippen molar-refractivity contribution in [2.45, 2.75) is 45.9 Å². The van der Waals surface area contributed by atoms with Crippen LogP contribution in [0.25, 0.3) is 10.9 Å². The summed E-state index contributed by atoms with van der Waals surface area (Å²) in [5.41, 5.74) is 4.99. The highest BCUT2D eigenvalue weighted by molar-refractivity contribution is 7.80. The Bertz CT molecular complexity index is 1120. The smallest absolute Gasteiger partial charge is 0.253 e. The molecule has 1 fully saturated rings. The van der Waals surface area contributed by atoms with Crippen LogP contribution in [0.15, 0.2) is 53.3 Å². The zero-order chi connectivity index (χ0) is 21.8. The van der Waals surface area contributed by atoms with Crippen molar-refractivity contribution >= 4 is 28.2 Å². The molecule has 6 heteroatoms. The largest absolute Gasteiger partial charge is 0.376 e. The Morgan fingerprint density at radius 3 is 2.77 bits per heavy atom. The van der Waals surface area contributed by atoms with Crippen LogP contribution < -0.4 is 10.9 Å². The first-order valence-electron chi connectivity index (χ1n) is 10.8. The summed E-state index contributed by atoms with van der Waals surface area (Å²) in [5.74, 6) is 0. The quantitative estimate of drug-likeness (QED) is 0.569. The Hall–Kier alpha value is -2.70. The molecule has 3 aromatic rings. The maximum absolute atomic E-state index is 12.9. The predicted molar refractivity (Wildman–Crippen MR) is 129 cm³/mol. The molecule has 1 aliphatic rings. The summed E-state index contributed by atoms with van der Waals surface area (Å²) in [4.78, 5) is 18.0. The molecule has 1 aliphatic heterocycles. The summed E-state index contributed by atoms with van der Waals surface area (Å²) < 4.78 is 5.85. The van der Waals surface area contributed by atoms with Crippen LogP contribution in [-0.4, -0.2) is 34.3 Å². The molecule has 162 valence electrons. The van der Waals surface area contributed by atoms with Crippen molar-refractivity contribution in [1.29, 1.82) is 0 Å². The standard InChI is InChI=1S/C25H29N3O2S/c1-17-10-11-20-13-21(24(29)27-23(20)18(17)2)15-28(16-22-9-6-12-30-22)25(31)26-14-19-7-4-3-5-8-19/h3-5,7-8,10-11,13,22H,6,9,12,14-16H2,1-2H3,(H,26,31)(H,27,29)/t22-/m0/s1. The fourth-order valence-electron chi connectivity index (χ4n) is 4.03. The molecule has 5 nitrogen and oxygen atoms in total. The maximum atomic E-state index is 12.9. The molecule has 0 bridgehead atoms. The summed E-state index contributed by atoms with van der Waals surface area (Å²) in [6.07, 6.45) is 2.23. The molecule has 2 N–H and O–H groups in total. The first-order valence-corrected chi connectivity index (χ1v) is 11.2. The van der Waals surface area contributed by atoms with Crippen LogP contribution in [0, 0.1) is 13.8 Å². The molecule has 2 heterocycles.